The lowest BCUT2D eigenvalue weighted by atomic mass is 9.73. The van der Waals surface area contributed by atoms with Crippen LogP contribution >= 0.6 is 0 Å². The van der Waals surface area contributed by atoms with Crippen LogP contribution in [0, 0.1) is 17.8 Å². The molecule has 3 unspecified atom stereocenters. The summed E-state index contributed by atoms with van der Waals surface area (Å²) in [7, 11) is 0. The second kappa shape index (κ2) is 6.58. The molecule has 0 aromatic heterocycles. The lowest BCUT2D eigenvalue weighted by Gasteiger charge is -2.31. The number of hydrogen-bond donors (Lipinski definition) is 0. The fraction of sp³-hybridized carbons (Fsp3) is 0.444. The topological polar surface area (TPSA) is 0 Å². The molecule has 2 aliphatic rings. The molecule has 0 amide bonds. The molecule has 18 heavy (non-hydrogen) atoms. The number of fused-ring (bicyclic) bond motifs is 1. The van der Waals surface area contributed by atoms with E-state index < -0.39 is 0 Å². The summed E-state index contributed by atoms with van der Waals surface area (Å²) in [4.78, 5) is 0. The first-order chi connectivity index (χ1) is 8.86. The SMILES string of the molecule is CCC=CC1/C=C\C=C/C(CC)C2=CC=CCC21. The van der Waals surface area contributed by atoms with Gasteiger partial charge in [-0.05, 0) is 31.1 Å². The number of rotatable bonds is 3. The Balaban J connectivity index is 2.31. The molecule has 0 spiro atoms. The Labute approximate surface area is 111 Å². The molecule has 0 fully saturated rings. The molecule has 0 aromatic carbocycles. The number of allylic oxidation sites excluding steroid dienone is 10. The van der Waals surface area contributed by atoms with Crippen molar-refractivity contribution in [1.82, 2.24) is 0 Å². The molecule has 0 heterocycles. The molecule has 0 nitrogen and oxygen atoms in total. The van der Waals surface area contributed by atoms with E-state index in [4.69, 9.17) is 0 Å². The minimum absolute atomic E-state index is 0.556. The Hall–Kier alpha value is -1.30. The number of hydrogen-bond acceptors (Lipinski definition) is 0. The van der Waals surface area contributed by atoms with Gasteiger partial charge >= 0.3 is 0 Å². The predicted octanol–water partition coefficient (Wildman–Crippen LogP) is 5.22. The van der Waals surface area contributed by atoms with E-state index in [1.807, 2.05) is 0 Å². The van der Waals surface area contributed by atoms with Gasteiger partial charge in [-0.2, -0.15) is 0 Å². The van der Waals surface area contributed by atoms with E-state index in [0.29, 0.717) is 17.8 Å². The third-order valence-corrected chi connectivity index (χ3v) is 3.96. The summed E-state index contributed by atoms with van der Waals surface area (Å²) in [6, 6.07) is 0. The van der Waals surface area contributed by atoms with E-state index in [1.54, 1.807) is 5.57 Å². The highest BCUT2D eigenvalue weighted by atomic mass is 14.3. The van der Waals surface area contributed by atoms with Gasteiger partial charge in [0.2, 0.25) is 0 Å². The molecule has 0 aliphatic heterocycles. The molecule has 96 valence electrons. The third-order valence-electron chi connectivity index (χ3n) is 3.96. The van der Waals surface area contributed by atoms with Crippen LogP contribution in [-0.4, -0.2) is 0 Å². The quantitative estimate of drug-likeness (QED) is 0.593. The van der Waals surface area contributed by atoms with E-state index in [2.05, 4.69) is 68.5 Å². The molecule has 0 heteroatoms. The maximum absolute atomic E-state index is 2.39. The standard InChI is InChI=1S/C18H24/c1-3-5-10-16-12-7-6-11-15(4-2)17-13-8-9-14-18(16)17/h5-13,15-16,18H,3-4,14H2,1-2H3/b10-5?,11-6-,12-7-. The Bertz CT molecular complexity index is 404. The Morgan fingerprint density at radius 3 is 2.78 bits per heavy atom. The molecular formula is C18H24. The molecule has 3 atom stereocenters. The summed E-state index contributed by atoms with van der Waals surface area (Å²) in [6.45, 7) is 4.49. The highest BCUT2D eigenvalue weighted by Gasteiger charge is 2.26. The smallest absolute Gasteiger partial charge is 0.00185 e. The van der Waals surface area contributed by atoms with E-state index in [1.165, 1.54) is 12.8 Å². The summed E-state index contributed by atoms with van der Waals surface area (Å²) < 4.78 is 0. The van der Waals surface area contributed by atoms with E-state index >= 15 is 0 Å². The average Bonchev–Trinajstić information content (AvgIpc) is 2.40. The molecule has 0 aromatic rings. The van der Waals surface area contributed by atoms with Gasteiger partial charge in [0.15, 0.2) is 0 Å². The van der Waals surface area contributed by atoms with Crippen LogP contribution in [0.5, 0.6) is 0 Å². The Morgan fingerprint density at radius 1 is 1.17 bits per heavy atom. The lowest BCUT2D eigenvalue weighted by molar-refractivity contribution is 0.473. The zero-order valence-electron chi connectivity index (χ0n) is 11.5. The average molecular weight is 240 g/mol. The largest absolute Gasteiger partial charge is 0.0882 e. The fourth-order valence-electron chi connectivity index (χ4n) is 2.94. The predicted molar refractivity (Wildman–Crippen MR) is 80.3 cm³/mol. The second-order valence-corrected chi connectivity index (χ2v) is 5.14. The Kier molecular flexibility index (Phi) is 4.81. The van der Waals surface area contributed by atoms with Gasteiger partial charge < -0.3 is 0 Å². The second-order valence-electron chi connectivity index (χ2n) is 5.14. The highest BCUT2D eigenvalue weighted by molar-refractivity contribution is 5.32. The summed E-state index contributed by atoms with van der Waals surface area (Å²) in [5, 5.41) is 0. The minimum atomic E-state index is 0.556. The van der Waals surface area contributed by atoms with Crippen molar-refractivity contribution < 1.29 is 0 Å². The summed E-state index contributed by atoms with van der Waals surface area (Å²) in [6.07, 6.45) is 24.2. The van der Waals surface area contributed by atoms with Gasteiger partial charge in [0.1, 0.15) is 0 Å². The van der Waals surface area contributed by atoms with Crippen molar-refractivity contribution in [2.24, 2.45) is 17.8 Å². The van der Waals surface area contributed by atoms with Crippen molar-refractivity contribution in [2.75, 3.05) is 0 Å². The van der Waals surface area contributed by atoms with Crippen LogP contribution in [0.2, 0.25) is 0 Å². The van der Waals surface area contributed by atoms with Crippen LogP contribution in [0.3, 0.4) is 0 Å². The summed E-state index contributed by atoms with van der Waals surface area (Å²) >= 11 is 0. The van der Waals surface area contributed by atoms with Crippen LogP contribution in [0.1, 0.15) is 33.1 Å². The van der Waals surface area contributed by atoms with Crippen LogP contribution in [0.25, 0.3) is 0 Å². The monoisotopic (exact) mass is 240 g/mol. The molecule has 0 N–H and O–H groups in total. The van der Waals surface area contributed by atoms with Crippen molar-refractivity contribution in [3.05, 3.63) is 60.3 Å². The zero-order chi connectivity index (χ0) is 12.8. The lowest BCUT2D eigenvalue weighted by Crippen LogP contribution is -2.20. The van der Waals surface area contributed by atoms with Gasteiger partial charge in [-0.25, -0.2) is 0 Å². The normalized spacial score (nSPS) is 34.6. The van der Waals surface area contributed by atoms with Gasteiger partial charge in [-0.3, -0.25) is 0 Å². The zero-order valence-corrected chi connectivity index (χ0v) is 11.5. The third kappa shape index (κ3) is 2.93. The van der Waals surface area contributed by atoms with Gasteiger partial charge in [0.25, 0.3) is 0 Å². The van der Waals surface area contributed by atoms with Crippen molar-refractivity contribution in [3.63, 3.8) is 0 Å². The fourth-order valence-corrected chi connectivity index (χ4v) is 2.94. The van der Waals surface area contributed by atoms with Crippen molar-refractivity contribution >= 4 is 0 Å². The van der Waals surface area contributed by atoms with E-state index in [9.17, 15) is 0 Å². The molecular weight excluding hydrogens is 216 g/mol. The Morgan fingerprint density at radius 2 is 2.00 bits per heavy atom. The first-order valence-electron chi connectivity index (χ1n) is 7.25. The highest BCUT2D eigenvalue weighted by Crippen LogP contribution is 2.37. The van der Waals surface area contributed by atoms with Gasteiger partial charge in [0, 0.05) is 5.92 Å². The van der Waals surface area contributed by atoms with Crippen LogP contribution in [0.15, 0.2) is 60.3 Å². The molecule has 2 rings (SSSR count). The van der Waals surface area contributed by atoms with Crippen LogP contribution in [-0.2, 0) is 0 Å². The van der Waals surface area contributed by atoms with Gasteiger partial charge in [-0.15, -0.1) is 0 Å². The molecule has 0 saturated carbocycles. The van der Waals surface area contributed by atoms with Crippen LogP contribution in [0.4, 0.5) is 0 Å². The molecule has 0 radical (unpaired) electrons. The summed E-state index contributed by atoms with van der Waals surface area (Å²) in [5.74, 6) is 1.83. The first kappa shape index (κ1) is 13.1. The molecule has 0 saturated heterocycles. The van der Waals surface area contributed by atoms with Gasteiger partial charge in [-0.1, -0.05) is 74.1 Å². The van der Waals surface area contributed by atoms with Crippen LogP contribution < -0.4 is 0 Å². The van der Waals surface area contributed by atoms with Crippen molar-refractivity contribution in [1.29, 1.82) is 0 Å². The van der Waals surface area contributed by atoms with Crippen molar-refractivity contribution in [3.8, 4) is 0 Å². The maximum Gasteiger partial charge on any atom is 0.00185 e. The van der Waals surface area contributed by atoms with Crippen molar-refractivity contribution in [2.45, 2.75) is 33.1 Å². The van der Waals surface area contributed by atoms with E-state index in [0.717, 1.165) is 6.42 Å². The molecule has 0 bridgehead atoms. The first-order valence-corrected chi connectivity index (χ1v) is 7.25. The molecule has 2 aliphatic carbocycles. The maximum atomic E-state index is 2.39. The van der Waals surface area contributed by atoms with Gasteiger partial charge in [0.05, 0.1) is 0 Å². The minimum Gasteiger partial charge on any atom is -0.0882 e. The summed E-state index contributed by atoms with van der Waals surface area (Å²) in [5.41, 5.74) is 1.62. The van der Waals surface area contributed by atoms with E-state index in [-0.39, 0.29) is 0 Å².